The fourth-order valence-corrected chi connectivity index (χ4v) is 3.35. The van der Waals surface area contributed by atoms with Crippen LogP contribution in [-0.4, -0.2) is 32.7 Å². The van der Waals surface area contributed by atoms with Crippen LogP contribution in [0.2, 0.25) is 0 Å². The van der Waals surface area contributed by atoms with Gasteiger partial charge in [0.1, 0.15) is 0 Å². The van der Waals surface area contributed by atoms with Crippen molar-refractivity contribution >= 4 is 16.9 Å². The number of hydrogen-bond acceptors (Lipinski definition) is 3. The lowest BCUT2D eigenvalue weighted by atomic mass is 10.1. The molecule has 2 heterocycles. The van der Waals surface area contributed by atoms with E-state index in [0.717, 1.165) is 33.4 Å². The van der Waals surface area contributed by atoms with Crippen LogP contribution in [0.15, 0.2) is 36.5 Å². The summed E-state index contributed by atoms with van der Waals surface area (Å²) in [5.41, 5.74) is 5.19. The fourth-order valence-electron chi connectivity index (χ4n) is 3.35. The number of carbonyl (C=O) groups excluding carboxylic acids is 1. The number of rotatable bonds is 5. The van der Waals surface area contributed by atoms with Crippen LogP contribution in [-0.2, 0) is 13.1 Å². The van der Waals surface area contributed by atoms with Gasteiger partial charge in [0.15, 0.2) is 0 Å². The van der Waals surface area contributed by atoms with Crippen LogP contribution in [0, 0.1) is 13.8 Å². The molecule has 6 nitrogen and oxygen atoms in total. The van der Waals surface area contributed by atoms with Gasteiger partial charge in [0, 0.05) is 42.5 Å². The summed E-state index contributed by atoms with van der Waals surface area (Å²) in [4.78, 5) is 18.7. The number of nitrogens with zero attached hydrogens (tertiary/aromatic N) is 4. The quantitative estimate of drug-likeness (QED) is 0.744. The molecule has 0 aliphatic heterocycles. The number of para-hydroxylation sites is 1. The van der Waals surface area contributed by atoms with Gasteiger partial charge in [-0.2, -0.15) is 5.10 Å². The molecular weight excluding hydrogens is 338 g/mol. The lowest BCUT2D eigenvalue weighted by Crippen LogP contribution is -2.36. The molecule has 0 aliphatic rings. The minimum Gasteiger partial charge on any atom is -0.334 e. The fraction of sp³-hybridized carbons (Fsp3) is 0.381. The van der Waals surface area contributed by atoms with Crippen molar-refractivity contribution < 1.29 is 4.79 Å². The van der Waals surface area contributed by atoms with Crippen LogP contribution in [0.25, 0.3) is 10.9 Å². The standard InChI is InChI=1S/C21H27N5O/c1-14(2)26-16(4)19(15(3)24-26)13-25(5)21(27)23-12-17-10-11-22-20-9-7-6-8-18(17)20/h6-11,14H,12-13H2,1-5H3,(H,23,27). The Balaban J connectivity index is 1.68. The number of urea groups is 1. The zero-order chi connectivity index (χ0) is 19.6. The SMILES string of the molecule is Cc1nn(C(C)C)c(C)c1CN(C)C(=O)NCc1ccnc2ccccc12. The normalized spacial score (nSPS) is 11.2. The van der Waals surface area contributed by atoms with Gasteiger partial charge in [0.2, 0.25) is 0 Å². The Morgan fingerprint density at radius 2 is 1.96 bits per heavy atom. The molecule has 0 saturated heterocycles. The van der Waals surface area contributed by atoms with Gasteiger partial charge in [-0.1, -0.05) is 18.2 Å². The molecule has 0 spiro atoms. The first-order chi connectivity index (χ1) is 12.9. The molecule has 6 heteroatoms. The summed E-state index contributed by atoms with van der Waals surface area (Å²) in [6, 6.07) is 10.1. The van der Waals surface area contributed by atoms with Crippen LogP contribution in [0.1, 0.15) is 42.4 Å². The summed E-state index contributed by atoms with van der Waals surface area (Å²) in [6.07, 6.45) is 1.78. The van der Waals surface area contributed by atoms with E-state index in [2.05, 4.69) is 36.2 Å². The highest BCUT2D eigenvalue weighted by molar-refractivity contribution is 5.82. The van der Waals surface area contributed by atoms with Crippen molar-refractivity contribution in [3.63, 3.8) is 0 Å². The lowest BCUT2D eigenvalue weighted by molar-refractivity contribution is 0.206. The first-order valence-electron chi connectivity index (χ1n) is 9.24. The summed E-state index contributed by atoms with van der Waals surface area (Å²) in [5.74, 6) is 0. The van der Waals surface area contributed by atoms with E-state index in [1.54, 1.807) is 11.1 Å². The first-order valence-corrected chi connectivity index (χ1v) is 9.24. The summed E-state index contributed by atoms with van der Waals surface area (Å²) < 4.78 is 2.01. The van der Waals surface area contributed by atoms with E-state index >= 15 is 0 Å². The summed E-state index contributed by atoms with van der Waals surface area (Å²) >= 11 is 0. The van der Waals surface area contributed by atoms with E-state index in [9.17, 15) is 4.79 Å². The molecular formula is C21H27N5O. The maximum Gasteiger partial charge on any atom is 0.317 e. The number of nitrogens with one attached hydrogen (secondary N) is 1. The van der Waals surface area contributed by atoms with E-state index in [0.29, 0.717) is 19.1 Å². The second-order valence-corrected chi connectivity index (χ2v) is 7.19. The third kappa shape index (κ3) is 3.94. The Kier molecular flexibility index (Phi) is 5.44. The minimum absolute atomic E-state index is 0.105. The van der Waals surface area contributed by atoms with E-state index in [4.69, 9.17) is 0 Å². The second kappa shape index (κ2) is 7.78. The number of aryl methyl sites for hydroxylation is 1. The van der Waals surface area contributed by atoms with Crippen molar-refractivity contribution in [1.29, 1.82) is 0 Å². The van der Waals surface area contributed by atoms with Gasteiger partial charge in [-0.25, -0.2) is 4.79 Å². The first kappa shape index (κ1) is 18.9. The van der Waals surface area contributed by atoms with E-state index in [1.807, 2.05) is 49.0 Å². The average molecular weight is 365 g/mol. The third-order valence-electron chi connectivity index (χ3n) is 4.88. The number of pyridine rings is 1. The van der Waals surface area contributed by atoms with Crippen molar-refractivity contribution in [2.24, 2.45) is 0 Å². The molecule has 1 N–H and O–H groups in total. The zero-order valence-electron chi connectivity index (χ0n) is 16.7. The average Bonchev–Trinajstić information content (AvgIpc) is 2.94. The molecule has 142 valence electrons. The maximum atomic E-state index is 12.6. The molecule has 0 radical (unpaired) electrons. The van der Waals surface area contributed by atoms with Crippen LogP contribution in [0.5, 0.6) is 0 Å². The number of hydrogen-bond donors (Lipinski definition) is 1. The summed E-state index contributed by atoms with van der Waals surface area (Å²) in [7, 11) is 1.81. The maximum absolute atomic E-state index is 12.6. The molecule has 3 rings (SSSR count). The Morgan fingerprint density at radius 1 is 1.22 bits per heavy atom. The number of amides is 2. The highest BCUT2D eigenvalue weighted by atomic mass is 16.2. The monoisotopic (exact) mass is 365 g/mol. The molecule has 0 saturated carbocycles. The molecule has 1 aromatic carbocycles. The predicted molar refractivity (Wildman–Crippen MR) is 108 cm³/mol. The zero-order valence-corrected chi connectivity index (χ0v) is 16.7. The lowest BCUT2D eigenvalue weighted by Gasteiger charge is -2.19. The Labute approximate surface area is 160 Å². The highest BCUT2D eigenvalue weighted by Crippen LogP contribution is 2.19. The summed E-state index contributed by atoms with van der Waals surface area (Å²) in [5, 5.41) is 8.68. The van der Waals surface area contributed by atoms with Crippen molar-refractivity contribution in [1.82, 2.24) is 25.0 Å². The van der Waals surface area contributed by atoms with Crippen molar-refractivity contribution in [3.8, 4) is 0 Å². The molecule has 0 atom stereocenters. The van der Waals surface area contributed by atoms with Crippen LogP contribution in [0.3, 0.4) is 0 Å². The smallest absolute Gasteiger partial charge is 0.317 e. The number of benzene rings is 1. The molecule has 2 amide bonds. The van der Waals surface area contributed by atoms with Gasteiger partial charge < -0.3 is 10.2 Å². The molecule has 27 heavy (non-hydrogen) atoms. The van der Waals surface area contributed by atoms with E-state index in [1.165, 1.54) is 0 Å². The van der Waals surface area contributed by atoms with Gasteiger partial charge in [-0.3, -0.25) is 9.67 Å². The Bertz CT molecular complexity index is 955. The predicted octanol–water partition coefficient (Wildman–Crippen LogP) is 3.97. The van der Waals surface area contributed by atoms with Gasteiger partial charge in [0.25, 0.3) is 0 Å². The molecule has 0 fully saturated rings. The largest absolute Gasteiger partial charge is 0.334 e. The molecule has 3 aromatic rings. The topological polar surface area (TPSA) is 63.1 Å². The number of carbonyl (C=O) groups is 1. The van der Waals surface area contributed by atoms with Crippen molar-refractivity contribution in [2.75, 3.05) is 7.05 Å². The Morgan fingerprint density at radius 3 is 2.67 bits per heavy atom. The molecule has 0 aliphatic carbocycles. The van der Waals surface area contributed by atoms with E-state index in [-0.39, 0.29) is 6.03 Å². The molecule has 0 bridgehead atoms. The second-order valence-electron chi connectivity index (χ2n) is 7.19. The van der Waals surface area contributed by atoms with Crippen LogP contribution in [0.4, 0.5) is 4.79 Å². The minimum atomic E-state index is -0.105. The van der Waals surface area contributed by atoms with Gasteiger partial charge in [-0.15, -0.1) is 0 Å². The van der Waals surface area contributed by atoms with Crippen LogP contribution < -0.4 is 5.32 Å². The molecule has 2 aromatic heterocycles. The molecule has 0 unspecified atom stereocenters. The number of aromatic nitrogens is 3. The van der Waals surface area contributed by atoms with Gasteiger partial charge in [0.05, 0.1) is 17.8 Å². The van der Waals surface area contributed by atoms with Crippen molar-refractivity contribution in [3.05, 3.63) is 59.0 Å². The van der Waals surface area contributed by atoms with Crippen molar-refractivity contribution in [2.45, 2.75) is 46.8 Å². The van der Waals surface area contributed by atoms with Crippen LogP contribution >= 0.6 is 0 Å². The third-order valence-corrected chi connectivity index (χ3v) is 4.88. The Hall–Kier alpha value is -2.89. The van der Waals surface area contributed by atoms with Gasteiger partial charge >= 0.3 is 6.03 Å². The van der Waals surface area contributed by atoms with E-state index < -0.39 is 0 Å². The van der Waals surface area contributed by atoms with Gasteiger partial charge in [-0.05, 0) is 45.4 Å². The highest BCUT2D eigenvalue weighted by Gasteiger charge is 2.17. The number of fused-ring (bicyclic) bond motifs is 1. The summed E-state index contributed by atoms with van der Waals surface area (Å²) in [6.45, 7) is 9.28.